The molecule has 0 radical (unpaired) electrons. The van der Waals surface area contributed by atoms with Gasteiger partial charge in [-0.2, -0.15) is 0 Å². The zero-order valence-electron chi connectivity index (χ0n) is 13.4. The fourth-order valence-electron chi connectivity index (χ4n) is 2.22. The molecule has 1 amide bonds. The number of nitrogens with one attached hydrogen (secondary N) is 1. The lowest BCUT2D eigenvalue weighted by Crippen LogP contribution is -2.38. The van der Waals surface area contributed by atoms with E-state index in [-0.39, 0.29) is 31.1 Å². The van der Waals surface area contributed by atoms with Crippen molar-refractivity contribution >= 4 is 11.7 Å². The first-order chi connectivity index (χ1) is 11.4. The molecule has 1 atom stereocenters. The van der Waals surface area contributed by atoms with Gasteiger partial charge in [0.25, 0.3) is 0 Å². The molecule has 128 valence electrons. The molecule has 0 aliphatic heterocycles. The van der Waals surface area contributed by atoms with Crippen LogP contribution in [0, 0.1) is 5.82 Å². The number of hydrogen-bond acceptors (Lipinski definition) is 4. The molecule has 1 aromatic carbocycles. The number of furan rings is 1. The second-order valence-electron chi connectivity index (χ2n) is 5.81. The summed E-state index contributed by atoms with van der Waals surface area (Å²) >= 11 is 0. The molecule has 0 aliphatic rings. The van der Waals surface area contributed by atoms with E-state index in [1.165, 1.54) is 30.5 Å². The maximum absolute atomic E-state index is 12.8. The second kappa shape index (κ2) is 7.88. The first-order valence-electron chi connectivity index (χ1n) is 7.70. The summed E-state index contributed by atoms with van der Waals surface area (Å²) in [5, 5.41) is 12.8. The molecule has 0 spiro atoms. The van der Waals surface area contributed by atoms with Crippen LogP contribution < -0.4 is 5.32 Å². The number of aliphatic hydroxyl groups is 1. The lowest BCUT2D eigenvalue weighted by molar-refractivity contribution is -0.122. The van der Waals surface area contributed by atoms with Crippen molar-refractivity contribution in [1.29, 1.82) is 0 Å². The van der Waals surface area contributed by atoms with Crippen molar-refractivity contribution in [3.63, 3.8) is 0 Å². The van der Waals surface area contributed by atoms with E-state index in [9.17, 15) is 19.1 Å². The SMILES string of the molecule is CC(O)(CNC(=O)CCCC(=O)c1ccc(F)cc1)c1ccco1. The van der Waals surface area contributed by atoms with Crippen molar-refractivity contribution < 1.29 is 23.5 Å². The van der Waals surface area contributed by atoms with Crippen molar-refractivity contribution in [3.05, 3.63) is 59.8 Å². The Morgan fingerprint density at radius 2 is 1.92 bits per heavy atom. The zero-order chi connectivity index (χ0) is 17.6. The van der Waals surface area contributed by atoms with Gasteiger partial charge < -0.3 is 14.8 Å². The van der Waals surface area contributed by atoms with Crippen molar-refractivity contribution in [2.24, 2.45) is 0 Å². The molecule has 0 saturated carbocycles. The van der Waals surface area contributed by atoms with Crippen LogP contribution in [0.5, 0.6) is 0 Å². The number of Topliss-reactive ketones (excluding diaryl/α,β-unsaturated/α-hetero) is 1. The highest BCUT2D eigenvalue weighted by molar-refractivity contribution is 5.96. The van der Waals surface area contributed by atoms with Crippen LogP contribution in [0.15, 0.2) is 47.1 Å². The van der Waals surface area contributed by atoms with Crippen LogP contribution in [0.2, 0.25) is 0 Å². The molecule has 2 N–H and O–H groups in total. The summed E-state index contributed by atoms with van der Waals surface area (Å²) in [6.07, 6.45) is 2.20. The van der Waals surface area contributed by atoms with Gasteiger partial charge >= 0.3 is 0 Å². The van der Waals surface area contributed by atoms with E-state index in [1.807, 2.05) is 0 Å². The van der Waals surface area contributed by atoms with Crippen LogP contribution in [-0.2, 0) is 10.4 Å². The quantitative estimate of drug-likeness (QED) is 0.728. The Hall–Kier alpha value is -2.47. The average Bonchev–Trinajstić information content (AvgIpc) is 3.09. The van der Waals surface area contributed by atoms with Gasteiger partial charge in [-0.1, -0.05) is 0 Å². The monoisotopic (exact) mass is 333 g/mol. The molecule has 1 aromatic heterocycles. The topological polar surface area (TPSA) is 79.5 Å². The Labute approximate surface area is 139 Å². The minimum absolute atomic E-state index is 0.0191. The van der Waals surface area contributed by atoms with Crippen molar-refractivity contribution in [2.45, 2.75) is 31.8 Å². The van der Waals surface area contributed by atoms with E-state index < -0.39 is 11.4 Å². The molecule has 0 bridgehead atoms. The Bertz CT molecular complexity index is 678. The van der Waals surface area contributed by atoms with Gasteiger partial charge in [-0.05, 0) is 49.7 Å². The van der Waals surface area contributed by atoms with E-state index in [0.717, 1.165) is 0 Å². The molecule has 1 heterocycles. The van der Waals surface area contributed by atoms with E-state index in [2.05, 4.69) is 5.32 Å². The molecule has 6 heteroatoms. The maximum Gasteiger partial charge on any atom is 0.220 e. The summed E-state index contributed by atoms with van der Waals surface area (Å²) in [5.74, 6) is -0.414. The molecule has 0 saturated heterocycles. The molecule has 2 aromatic rings. The van der Waals surface area contributed by atoms with E-state index >= 15 is 0 Å². The zero-order valence-corrected chi connectivity index (χ0v) is 13.4. The van der Waals surface area contributed by atoms with Crippen LogP contribution in [0.1, 0.15) is 42.3 Å². The highest BCUT2D eigenvalue weighted by Crippen LogP contribution is 2.19. The summed E-state index contributed by atoms with van der Waals surface area (Å²) in [6, 6.07) is 8.62. The van der Waals surface area contributed by atoms with Gasteiger partial charge in [0.15, 0.2) is 5.78 Å². The van der Waals surface area contributed by atoms with Crippen LogP contribution >= 0.6 is 0 Å². The van der Waals surface area contributed by atoms with E-state index in [1.54, 1.807) is 19.1 Å². The fourth-order valence-corrected chi connectivity index (χ4v) is 2.22. The lowest BCUT2D eigenvalue weighted by Gasteiger charge is -2.21. The molecular weight excluding hydrogens is 313 g/mol. The highest BCUT2D eigenvalue weighted by Gasteiger charge is 2.26. The predicted octanol–water partition coefficient (Wildman–Crippen LogP) is 2.80. The van der Waals surface area contributed by atoms with E-state index in [0.29, 0.717) is 17.7 Å². The predicted molar refractivity (Wildman–Crippen MR) is 85.9 cm³/mol. The summed E-state index contributed by atoms with van der Waals surface area (Å²) in [5.41, 5.74) is -0.860. The summed E-state index contributed by atoms with van der Waals surface area (Å²) in [6.45, 7) is 1.56. The van der Waals surface area contributed by atoms with Gasteiger partial charge in [0.2, 0.25) is 5.91 Å². The Balaban J connectivity index is 1.71. The molecule has 2 rings (SSSR count). The van der Waals surface area contributed by atoms with Gasteiger partial charge in [0.05, 0.1) is 12.8 Å². The van der Waals surface area contributed by atoms with E-state index in [4.69, 9.17) is 4.42 Å². The first kappa shape index (κ1) is 17.9. The highest BCUT2D eigenvalue weighted by atomic mass is 19.1. The van der Waals surface area contributed by atoms with Gasteiger partial charge in [0, 0.05) is 18.4 Å². The number of hydrogen-bond donors (Lipinski definition) is 2. The maximum atomic E-state index is 12.8. The van der Waals surface area contributed by atoms with Gasteiger partial charge in [-0.15, -0.1) is 0 Å². The standard InChI is InChI=1S/C18H20FNO4/c1-18(23,16-5-3-11-24-16)12-20-17(22)6-2-4-15(21)13-7-9-14(19)10-8-13/h3,5,7-11,23H,2,4,6,12H2,1H3,(H,20,22). The number of amides is 1. The van der Waals surface area contributed by atoms with Gasteiger partial charge in [-0.25, -0.2) is 4.39 Å². The Kier molecular flexibility index (Phi) is 5.87. The molecule has 0 aliphatic carbocycles. The van der Waals surface area contributed by atoms with Crippen LogP contribution in [0.25, 0.3) is 0 Å². The summed E-state index contributed by atoms with van der Waals surface area (Å²) in [7, 11) is 0. The van der Waals surface area contributed by atoms with Crippen LogP contribution in [0.4, 0.5) is 4.39 Å². The van der Waals surface area contributed by atoms with Crippen LogP contribution in [0.3, 0.4) is 0 Å². The number of ketones is 1. The minimum atomic E-state index is -1.29. The molecule has 24 heavy (non-hydrogen) atoms. The van der Waals surface area contributed by atoms with Gasteiger partial charge in [-0.3, -0.25) is 9.59 Å². The number of rotatable bonds is 8. The molecule has 1 unspecified atom stereocenters. The smallest absolute Gasteiger partial charge is 0.220 e. The third kappa shape index (κ3) is 5.03. The third-order valence-corrected chi connectivity index (χ3v) is 3.66. The number of carbonyl (C=O) groups is 2. The van der Waals surface area contributed by atoms with Crippen molar-refractivity contribution in [1.82, 2.24) is 5.32 Å². The minimum Gasteiger partial charge on any atom is -0.466 e. The molecule has 5 nitrogen and oxygen atoms in total. The normalized spacial score (nSPS) is 13.3. The Morgan fingerprint density at radius 3 is 2.54 bits per heavy atom. The first-order valence-corrected chi connectivity index (χ1v) is 7.70. The largest absolute Gasteiger partial charge is 0.466 e. The second-order valence-corrected chi connectivity index (χ2v) is 5.81. The third-order valence-electron chi connectivity index (χ3n) is 3.66. The van der Waals surface area contributed by atoms with Crippen LogP contribution in [-0.4, -0.2) is 23.3 Å². The van der Waals surface area contributed by atoms with Crippen molar-refractivity contribution in [3.8, 4) is 0 Å². The molecule has 0 fully saturated rings. The summed E-state index contributed by atoms with van der Waals surface area (Å²) in [4.78, 5) is 23.7. The number of halogens is 1. The fraction of sp³-hybridized carbons (Fsp3) is 0.333. The Morgan fingerprint density at radius 1 is 1.21 bits per heavy atom. The summed E-state index contributed by atoms with van der Waals surface area (Å²) < 4.78 is 17.9. The van der Waals surface area contributed by atoms with Crippen molar-refractivity contribution in [2.75, 3.05) is 6.54 Å². The number of carbonyl (C=O) groups excluding carboxylic acids is 2. The number of benzene rings is 1. The average molecular weight is 333 g/mol. The lowest BCUT2D eigenvalue weighted by atomic mass is 10.0. The molecular formula is C18H20FNO4. The van der Waals surface area contributed by atoms with Gasteiger partial charge in [0.1, 0.15) is 17.2 Å².